The van der Waals surface area contributed by atoms with Crippen molar-refractivity contribution in [2.75, 3.05) is 25.0 Å². The van der Waals surface area contributed by atoms with Gasteiger partial charge in [-0.3, -0.25) is 14.5 Å². The third-order valence-corrected chi connectivity index (χ3v) is 3.67. The van der Waals surface area contributed by atoms with Gasteiger partial charge in [0.05, 0.1) is 6.54 Å². The van der Waals surface area contributed by atoms with E-state index in [0.29, 0.717) is 5.69 Å². The van der Waals surface area contributed by atoms with Gasteiger partial charge in [0.2, 0.25) is 5.91 Å². The fourth-order valence-electron chi connectivity index (χ4n) is 2.53. The molecular formula is C15H19FN2O3. The number of halogens is 1. The average Bonchev–Trinajstić information content (AvgIpc) is 2.43. The van der Waals surface area contributed by atoms with Crippen LogP contribution >= 0.6 is 0 Å². The van der Waals surface area contributed by atoms with Crippen LogP contribution in [0.4, 0.5) is 10.1 Å². The molecular weight excluding hydrogens is 275 g/mol. The Kier molecular flexibility index (Phi) is 5.27. The Labute approximate surface area is 122 Å². The molecule has 1 aromatic rings. The number of rotatable bonds is 5. The summed E-state index contributed by atoms with van der Waals surface area (Å²) in [6, 6.07) is 5.64. The molecule has 0 aromatic heterocycles. The van der Waals surface area contributed by atoms with E-state index in [4.69, 9.17) is 5.11 Å². The fraction of sp³-hybridized carbons (Fsp3) is 0.467. The SMILES string of the molecule is O=C(O)CC1CCN(CC(=O)Nc2ccc(F)cc2)CC1. The van der Waals surface area contributed by atoms with E-state index in [9.17, 15) is 14.0 Å². The normalized spacial score (nSPS) is 16.6. The molecule has 0 radical (unpaired) electrons. The number of hydrogen-bond donors (Lipinski definition) is 2. The summed E-state index contributed by atoms with van der Waals surface area (Å²) in [4.78, 5) is 24.5. The van der Waals surface area contributed by atoms with Crippen molar-refractivity contribution >= 4 is 17.6 Å². The smallest absolute Gasteiger partial charge is 0.303 e. The van der Waals surface area contributed by atoms with E-state index < -0.39 is 5.97 Å². The van der Waals surface area contributed by atoms with Gasteiger partial charge < -0.3 is 10.4 Å². The molecule has 2 N–H and O–H groups in total. The number of carboxylic acid groups (broad SMARTS) is 1. The molecule has 0 atom stereocenters. The zero-order chi connectivity index (χ0) is 15.2. The van der Waals surface area contributed by atoms with E-state index in [2.05, 4.69) is 5.32 Å². The number of carbonyl (C=O) groups is 2. The van der Waals surface area contributed by atoms with Crippen LogP contribution in [-0.2, 0) is 9.59 Å². The van der Waals surface area contributed by atoms with Crippen molar-refractivity contribution in [2.24, 2.45) is 5.92 Å². The Morgan fingerprint density at radius 1 is 1.24 bits per heavy atom. The minimum atomic E-state index is -0.762. The summed E-state index contributed by atoms with van der Waals surface area (Å²) in [5.74, 6) is -1.03. The summed E-state index contributed by atoms with van der Waals surface area (Å²) in [6.45, 7) is 1.74. The highest BCUT2D eigenvalue weighted by molar-refractivity contribution is 5.92. The van der Waals surface area contributed by atoms with Crippen molar-refractivity contribution in [2.45, 2.75) is 19.3 Å². The number of amides is 1. The standard InChI is InChI=1S/C15H19FN2O3/c16-12-1-3-13(4-2-12)17-14(19)10-18-7-5-11(6-8-18)9-15(20)21/h1-4,11H,5-10H2,(H,17,19)(H,20,21). The summed E-state index contributed by atoms with van der Waals surface area (Å²) >= 11 is 0. The van der Waals surface area contributed by atoms with Gasteiger partial charge in [-0.25, -0.2) is 4.39 Å². The molecule has 0 saturated carbocycles. The Balaban J connectivity index is 1.74. The van der Waals surface area contributed by atoms with Crippen LogP contribution in [0.15, 0.2) is 24.3 Å². The third-order valence-electron chi connectivity index (χ3n) is 3.67. The van der Waals surface area contributed by atoms with Crippen LogP contribution in [0.3, 0.4) is 0 Å². The minimum Gasteiger partial charge on any atom is -0.481 e. The number of nitrogens with zero attached hydrogens (tertiary/aromatic N) is 1. The van der Waals surface area contributed by atoms with Crippen molar-refractivity contribution in [3.63, 3.8) is 0 Å². The zero-order valence-electron chi connectivity index (χ0n) is 11.7. The van der Waals surface area contributed by atoms with Crippen LogP contribution in [-0.4, -0.2) is 41.5 Å². The molecule has 2 rings (SSSR count). The number of anilines is 1. The van der Waals surface area contributed by atoms with E-state index in [1.165, 1.54) is 24.3 Å². The number of carboxylic acids is 1. The Morgan fingerprint density at radius 2 is 1.86 bits per heavy atom. The van der Waals surface area contributed by atoms with Gasteiger partial charge in [0, 0.05) is 12.1 Å². The molecule has 1 aliphatic rings. The van der Waals surface area contributed by atoms with Gasteiger partial charge in [-0.1, -0.05) is 0 Å². The lowest BCUT2D eigenvalue weighted by atomic mass is 9.94. The lowest BCUT2D eigenvalue weighted by molar-refractivity contribution is -0.138. The number of piperidine rings is 1. The van der Waals surface area contributed by atoms with Crippen LogP contribution in [0.1, 0.15) is 19.3 Å². The average molecular weight is 294 g/mol. The number of hydrogen-bond acceptors (Lipinski definition) is 3. The fourth-order valence-corrected chi connectivity index (χ4v) is 2.53. The second kappa shape index (κ2) is 7.17. The van der Waals surface area contributed by atoms with Crippen LogP contribution < -0.4 is 5.32 Å². The Bertz CT molecular complexity index is 496. The maximum atomic E-state index is 12.8. The molecule has 1 saturated heterocycles. The second-order valence-electron chi connectivity index (χ2n) is 5.37. The van der Waals surface area contributed by atoms with Crippen molar-refractivity contribution in [3.05, 3.63) is 30.1 Å². The maximum absolute atomic E-state index is 12.8. The van der Waals surface area contributed by atoms with Gasteiger partial charge >= 0.3 is 5.97 Å². The predicted molar refractivity (Wildman–Crippen MR) is 76.4 cm³/mol. The number of aliphatic carboxylic acids is 1. The van der Waals surface area contributed by atoms with Crippen LogP contribution in [0.5, 0.6) is 0 Å². The third kappa shape index (κ3) is 5.15. The van der Waals surface area contributed by atoms with Crippen molar-refractivity contribution in [3.8, 4) is 0 Å². The van der Waals surface area contributed by atoms with Crippen LogP contribution in [0.25, 0.3) is 0 Å². The van der Waals surface area contributed by atoms with E-state index in [1.807, 2.05) is 4.90 Å². The molecule has 1 aromatic carbocycles. The highest BCUT2D eigenvalue weighted by Gasteiger charge is 2.22. The number of nitrogens with one attached hydrogen (secondary N) is 1. The van der Waals surface area contributed by atoms with Crippen LogP contribution in [0.2, 0.25) is 0 Å². The quantitative estimate of drug-likeness (QED) is 0.871. The van der Waals surface area contributed by atoms with Gasteiger partial charge in [-0.05, 0) is 56.1 Å². The molecule has 0 unspecified atom stereocenters. The number of likely N-dealkylation sites (tertiary alicyclic amines) is 1. The molecule has 0 aliphatic carbocycles. The Morgan fingerprint density at radius 3 is 2.43 bits per heavy atom. The van der Waals surface area contributed by atoms with Crippen molar-refractivity contribution in [1.82, 2.24) is 4.90 Å². The lowest BCUT2D eigenvalue weighted by Gasteiger charge is -2.30. The molecule has 0 bridgehead atoms. The summed E-state index contributed by atoms with van der Waals surface area (Å²) in [5, 5.41) is 11.5. The van der Waals surface area contributed by atoms with Gasteiger partial charge in [0.1, 0.15) is 5.82 Å². The minimum absolute atomic E-state index is 0.140. The highest BCUT2D eigenvalue weighted by Crippen LogP contribution is 2.20. The second-order valence-corrected chi connectivity index (χ2v) is 5.37. The predicted octanol–water partition coefficient (Wildman–Crippen LogP) is 1.95. The first kappa shape index (κ1) is 15.4. The molecule has 5 nitrogen and oxygen atoms in total. The summed E-state index contributed by atoms with van der Waals surface area (Å²) in [6.07, 6.45) is 1.81. The lowest BCUT2D eigenvalue weighted by Crippen LogP contribution is -2.39. The molecule has 0 spiro atoms. The van der Waals surface area contributed by atoms with E-state index in [1.54, 1.807) is 0 Å². The molecule has 21 heavy (non-hydrogen) atoms. The van der Waals surface area contributed by atoms with Crippen LogP contribution in [0, 0.1) is 11.7 Å². The first-order chi connectivity index (χ1) is 10.0. The molecule has 1 amide bonds. The molecule has 1 aliphatic heterocycles. The largest absolute Gasteiger partial charge is 0.481 e. The highest BCUT2D eigenvalue weighted by atomic mass is 19.1. The molecule has 1 fully saturated rings. The van der Waals surface area contributed by atoms with Crippen molar-refractivity contribution in [1.29, 1.82) is 0 Å². The van der Waals surface area contributed by atoms with E-state index in [0.717, 1.165) is 25.9 Å². The van der Waals surface area contributed by atoms with Gasteiger partial charge in [0.15, 0.2) is 0 Å². The maximum Gasteiger partial charge on any atom is 0.303 e. The summed E-state index contributed by atoms with van der Waals surface area (Å²) in [5.41, 5.74) is 0.571. The summed E-state index contributed by atoms with van der Waals surface area (Å²) < 4.78 is 12.8. The Hall–Kier alpha value is -1.95. The van der Waals surface area contributed by atoms with Gasteiger partial charge in [-0.15, -0.1) is 0 Å². The zero-order valence-corrected chi connectivity index (χ0v) is 11.7. The van der Waals surface area contributed by atoms with Crippen molar-refractivity contribution < 1.29 is 19.1 Å². The molecule has 6 heteroatoms. The van der Waals surface area contributed by atoms with Gasteiger partial charge in [-0.2, -0.15) is 0 Å². The monoisotopic (exact) mass is 294 g/mol. The van der Waals surface area contributed by atoms with E-state index >= 15 is 0 Å². The first-order valence-electron chi connectivity index (χ1n) is 7.02. The topological polar surface area (TPSA) is 69.6 Å². The first-order valence-corrected chi connectivity index (χ1v) is 7.02. The number of carbonyl (C=O) groups excluding carboxylic acids is 1. The number of benzene rings is 1. The molecule has 1 heterocycles. The molecule has 114 valence electrons. The summed E-state index contributed by atoms with van der Waals surface area (Å²) in [7, 11) is 0. The van der Waals surface area contributed by atoms with Gasteiger partial charge in [0.25, 0.3) is 0 Å². The van der Waals surface area contributed by atoms with E-state index in [-0.39, 0.29) is 30.6 Å².